The van der Waals surface area contributed by atoms with Gasteiger partial charge in [-0.15, -0.1) is 0 Å². The summed E-state index contributed by atoms with van der Waals surface area (Å²) in [7, 11) is 0. The Kier molecular flexibility index (Phi) is 4.15. The molecule has 1 aromatic rings. The lowest BCUT2D eigenvalue weighted by molar-refractivity contribution is -0.0704. The van der Waals surface area contributed by atoms with Gasteiger partial charge in [0, 0.05) is 26.2 Å². The molecule has 0 aliphatic carbocycles. The molecule has 17 heavy (non-hydrogen) atoms. The maximum atomic E-state index is 5.74. The van der Waals surface area contributed by atoms with Crippen molar-refractivity contribution in [2.24, 2.45) is 5.73 Å². The number of rotatable bonds is 3. The highest BCUT2D eigenvalue weighted by molar-refractivity contribution is 5.23. The molecule has 2 rings (SSSR count). The van der Waals surface area contributed by atoms with Crippen LogP contribution in [0.4, 0.5) is 0 Å². The molecule has 0 unspecified atom stereocenters. The maximum absolute atomic E-state index is 5.74. The third-order valence-corrected chi connectivity index (χ3v) is 3.13. The first-order chi connectivity index (χ1) is 8.17. The van der Waals surface area contributed by atoms with Gasteiger partial charge < -0.3 is 10.5 Å². The fourth-order valence-corrected chi connectivity index (χ4v) is 2.53. The van der Waals surface area contributed by atoms with Crippen molar-refractivity contribution in [3.63, 3.8) is 0 Å². The van der Waals surface area contributed by atoms with Crippen molar-refractivity contribution in [2.75, 3.05) is 13.1 Å². The predicted molar refractivity (Wildman–Crippen MR) is 69.6 cm³/mol. The molecule has 0 saturated carbocycles. The van der Waals surface area contributed by atoms with Crippen LogP contribution in [0.2, 0.25) is 0 Å². The Bertz CT molecular complexity index is 357. The average molecular weight is 234 g/mol. The lowest BCUT2D eigenvalue weighted by Crippen LogP contribution is -2.44. The van der Waals surface area contributed by atoms with Crippen molar-refractivity contribution in [1.29, 1.82) is 0 Å². The highest BCUT2D eigenvalue weighted by atomic mass is 16.5. The summed E-state index contributed by atoms with van der Waals surface area (Å²) >= 11 is 0. The summed E-state index contributed by atoms with van der Waals surface area (Å²) in [4.78, 5) is 2.45. The minimum absolute atomic E-state index is 0.330. The van der Waals surface area contributed by atoms with Crippen LogP contribution < -0.4 is 5.73 Å². The second-order valence-corrected chi connectivity index (χ2v) is 4.98. The van der Waals surface area contributed by atoms with Crippen molar-refractivity contribution in [3.8, 4) is 0 Å². The Morgan fingerprint density at radius 2 is 1.88 bits per heavy atom. The number of benzene rings is 1. The van der Waals surface area contributed by atoms with E-state index in [0.717, 1.165) is 19.6 Å². The summed E-state index contributed by atoms with van der Waals surface area (Å²) in [5, 5.41) is 0. The fraction of sp³-hybridized carbons (Fsp3) is 0.571. The van der Waals surface area contributed by atoms with Crippen molar-refractivity contribution in [3.05, 3.63) is 35.4 Å². The Balaban J connectivity index is 1.99. The standard InChI is InChI=1S/C14H22N2O/c1-11-8-16(9-12(2)17-11)10-14-5-3-4-13(6-14)7-15/h3-6,11-12H,7-10,15H2,1-2H3/t11-,12+. The third-order valence-electron chi connectivity index (χ3n) is 3.13. The lowest BCUT2D eigenvalue weighted by atomic mass is 10.1. The van der Waals surface area contributed by atoms with Crippen LogP contribution in [0, 0.1) is 0 Å². The monoisotopic (exact) mass is 234 g/mol. The Morgan fingerprint density at radius 3 is 2.53 bits per heavy atom. The van der Waals surface area contributed by atoms with Crippen LogP contribution in [-0.2, 0) is 17.8 Å². The molecule has 3 heteroatoms. The van der Waals surface area contributed by atoms with E-state index in [4.69, 9.17) is 10.5 Å². The molecule has 1 aliphatic rings. The number of nitrogens with two attached hydrogens (primary N) is 1. The molecule has 2 N–H and O–H groups in total. The molecule has 0 aromatic heterocycles. The number of ether oxygens (including phenoxy) is 1. The van der Waals surface area contributed by atoms with E-state index < -0.39 is 0 Å². The topological polar surface area (TPSA) is 38.5 Å². The molecule has 0 amide bonds. The summed E-state index contributed by atoms with van der Waals surface area (Å²) in [6.07, 6.45) is 0.660. The summed E-state index contributed by atoms with van der Waals surface area (Å²) in [6.45, 7) is 7.90. The molecule has 0 spiro atoms. The van der Waals surface area contributed by atoms with E-state index in [0.29, 0.717) is 18.8 Å². The van der Waals surface area contributed by atoms with Gasteiger partial charge in [-0.2, -0.15) is 0 Å². The number of hydrogen-bond donors (Lipinski definition) is 1. The van der Waals surface area contributed by atoms with Crippen molar-refractivity contribution in [2.45, 2.75) is 39.1 Å². The number of hydrogen-bond acceptors (Lipinski definition) is 3. The molecule has 0 radical (unpaired) electrons. The van der Waals surface area contributed by atoms with Gasteiger partial charge in [0.25, 0.3) is 0 Å². The second-order valence-electron chi connectivity index (χ2n) is 4.98. The van der Waals surface area contributed by atoms with Crippen molar-refractivity contribution in [1.82, 2.24) is 4.90 Å². The first-order valence-electron chi connectivity index (χ1n) is 6.33. The van der Waals surface area contributed by atoms with E-state index in [1.807, 2.05) is 0 Å². The molecule has 2 atom stereocenters. The van der Waals surface area contributed by atoms with Crippen LogP contribution >= 0.6 is 0 Å². The maximum Gasteiger partial charge on any atom is 0.0678 e. The van der Waals surface area contributed by atoms with E-state index in [1.54, 1.807) is 0 Å². The van der Waals surface area contributed by atoms with E-state index >= 15 is 0 Å². The Labute approximate surface area is 104 Å². The molecular formula is C14H22N2O. The SMILES string of the molecule is C[C@@H]1CN(Cc2cccc(CN)c2)C[C@H](C)O1. The van der Waals surface area contributed by atoms with Gasteiger partial charge in [0.15, 0.2) is 0 Å². The average Bonchev–Trinajstić information content (AvgIpc) is 2.28. The van der Waals surface area contributed by atoms with Gasteiger partial charge >= 0.3 is 0 Å². The van der Waals surface area contributed by atoms with Gasteiger partial charge in [-0.05, 0) is 25.0 Å². The van der Waals surface area contributed by atoms with Crippen LogP contribution in [0.15, 0.2) is 24.3 Å². The predicted octanol–water partition coefficient (Wildman–Crippen LogP) is 1.75. The summed E-state index contributed by atoms with van der Waals surface area (Å²) < 4.78 is 5.74. The van der Waals surface area contributed by atoms with Crippen molar-refractivity contribution >= 4 is 0 Å². The van der Waals surface area contributed by atoms with E-state index in [-0.39, 0.29) is 0 Å². The number of morpholine rings is 1. The largest absolute Gasteiger partial charge is 0.373 e. The van der Waals surface area contributed by atoms with Gasteiger partial charge in [-0.1, -0.05) is 24.3 Å². The Morgan fingerprint density at radius 1 is 1.24 bits per heavy atom. The molecule has 1 saturated heterocycles. The molecule has 1 aliphatic heterocycles. The molecule has 94 valence electrons. The normalized spacial score (nSPS) is 26.1. The Hall–Kier alpha value is -0.900. The van der Waals surface area contributed by atoms with Gasteiger partial charge in [-0.3, -0.25) is 4.90 Å². The second kappa shape index (κ2) is 5.63. The van der Waals surface area contributed by atoms with E-state index in [2.05, 4.69) is 43.0 Å². The van der Waals surface area contributed by atoms with Crippen LogP contribution in [0.5, 0.6) is 0 Å². The minimum Gasteiger partial charge on any atom is -0.373 e. The first-order valence-corrected chi connectivity index (χ1v) is 6.33. The zero-order valence-electron chi connectivity index (χ0n) is 10.7. The van der Waals surface area contributed by atoms with Gasteiger partial charge in [0.2, 0.25) is 0 Å². The van der Waals surface area contributed by atoms with Crippen LogP contribution in [0.25, 0.3) is 0 Å². The van der Waals surface area contributed by atoms with Gasteiger partial charge in [0.05, 0.1) is 12.2 Å². The van der Waals surface area contributed by atoms with E-state index in [1.165, 1.54) is 11.1 Å². The van der Waals surface area contributed by atoms with Crippen LogP contribution in [0.3, 0.4) is 0 Å². The minimum atomic E-state index is 0.330. The first kappa shape index (κ1) is 12.6. The zero-order chi connectivity index (χ0) is 12.3. The summed E-state index contributed by atoms with van der Waals surface area (Å²) in [6, 6.07) is 8.54. The smallest absolute Gasteiger partial charge is 0.0678 e. The number of nitrogens with zero attached hydrogens (tertiary/aromatic N) is 1. The highest BCUT2D eigenvalue weighted by Crippen LogP contribution is 2.14. The summed E-state index contributed by atoms with van der Waals surface area (Å²) in [5.41, 5.74) is 8.21. The quantitative estimate of drug-likeness (QED) is 0.866. The molecule has 1 aromatic carbocycles. The highest BCUT2D eigenvalue weighted by Gasteiger charge is 2.21. The van der Waals surface area contributed by atoms with Crippen molar-refractivity contribution < 1.29 is 4.74 Å². The molecule has 0 bridgehead atoms. The molecule has 1 heterocycles. The van der Waals surface area contributed by atoms with Gasteiger partial charge in [-0.25, -0.2) is 0 Å². The summed E-state index contributed by atoms with van der Waals surface area (Å²) in [5.74, 6) is 0. The van der Waals surface area contributed by atoms with Crippen LogP contribution in [-0.4, -0.2) is 30.2 Å². The molecule has 1 fully saturated rings. The van der Waals surface area contributed by atoms with Crippen LogP contribution in [0.1, 0.15) is 25.0 Å². The van der Waals surface area contributed by atoms with E-state index in [9.17, 15) is 0 Å². The fourth-order valence-electron chi connectivity index (χ4n) is 2.53. The molecular weight excluding hydrogens is 212 g/mol. The zero-order valence-corrected chi connectivity index (χ0v) is 10.7. The van der Waals surface area contributed by atoms with Gasteiger partial charge in [0.1, 0.15) is 0 Å². The lowest BCUT2D eigenvalue weighted by Gasteiger charge is -2.35. The molecule has 3 nitrogen and oxygen atoms in total. The third kappa shape index (κ3) is 3.53.